The normalized spacial score (nSPS) is 10.9. The lowest BCUT2D eigenvalue weighted by Crippen LogP contribution is -2.10. The van der Waals surface area contributed by atoms with Gasteiger partial charge in [-0.15, -0.1) is 0 Å². The van der Waals surface area contributed by atoms with Crippen molar-refractivity contribution in [1.82, 2.24) is 9.78 Å². The number of carbonyl (C=O) groups is 1. The minimum Gasteiger partial charge on any atom is -0.294 e. The van der Waals surface area contributed by atoms with E-state index in [1.54, 1.807) is 11.7 Å². The fourth-order valence-corrected chi connectivity index (χ4v) is 2.88. The molecule has 1 aromatic heterocycles. The summed E-state index contributed by atoms with van der Waals surface area (Å²) in [6.07, 6.45) is 0.0432. The second kappa shape index (κ2) is 5.73. The van der Waals surface area contributed by atoms with E-state index in [1.165, 1.54) is 6.07 Å². The highest BCUT2D eigenvalue weighted by Gasteiger charge is 2.20. The lowest BCUT2D eigenvalue weighted by molar-refractivity contribution is 0.0989. The monoisotopic (exact) mass is 406 g/mol. The Hall–Kier alpha value is -1.08. The Morgan fingerprint density at radius 2 is 1.95 bits per heavy atom. The maximum Gasteiger partial charge on any atom is 0.173 e. The summed E-state index contributed by atoms with van der Waals surface area (Å²) in [5.74, 6) is -2.37. The minimum absolute atomic E-state index is 0.0432. The van der Waals surface area contributed by atoms with Crippen LogP contribution in [-0.4, -0.2) is 15.6 Å². The number of benzene rings is 1. The number of hydrogen-bond acceptors (Lipinski definition) is 2. The summed E-state index contributed by atoms with van der Waals surface area (Å²) in [4.78, 5) is 12.2. The number of aryl methyl sites for hydroxylation is 2. The molecule has 0 bridgehead atoms. The van der Waals surface area contributed by atoms with Gasteiger partial charge in [-0.3, -0.25) is 9.48 Å². The van der Waals surface area contributed by atoms with Gasteiger partial charge in [0.15, 0.2) is 17.4 Å². The Morgan fingerprint density at radius 3 is 2.50 bits per heavy atom. The molecular weight excluding hydrogens is 398 g/mol. The Bertz CT molecular complexity index is 698. The molecule has 0 atom stereocenters. The molecule has 1 heterocycles. The molecule has 20 heavy (non-hydrogen) atoms. The summed E-state index contributed by atoms with van der Waals surface area (Å²) in [7, 11) is 1.72. The largest absolute Gasteiger partial charge is 0.294 e. The third-order valence-corrected chi connectivity index (χ3v) is 4.73. The smallest absolute Gasteiger partial charge is 0.173 e. The second-order valence-electron chi connectivity index (χ2n) is 4.29. The first-order chi connectivity index (χ1) is 9.32. The lowest BCUT2D eigenvalue weighted by Gasteiger charge is -2.06. The van der Waals surface area contributed by atoms with Gasteiger partial charge in [-0.2, -0.15) is 5.10 Å². The number of rotatable bonds is 3. The van der Waals surface area contributed by atoms with Crippen LogP contribution in [0.25, 0.3) is 0 Å². The van der Waals surface area contributed by atoms with Gasteiger partial charge in [0.2, 0.25) is 0 Å². The quantitative estimate of drug-likeness (QED) is 0.570. The summed E-state index contributed by atoms with van der Waals surface area (Å²) in [6, 6.07) is 2.21. The molecule has 7 heteroatoms. The Kier molecular flexibility index (Phi) is 4.39. The zero-order chi connectivity index (χ0) is 15.0. The molecule has 106 valence electrons. The fraction of sp³-hybridized carbons (Fsp3) is 0.231. The molecule has 0 saturated heterocycles. The highest BCUT2D eigenvalue weighted by molar-refractivity contribution is 9.10. The average Bonchev–Trinajstić information content (AvgIpc) is 2.62. The van der Waals surface area contributed by atoms with E-state index in [-0.39, 0.29) is 22.2 Å². The van der Waals surface area contributed by atoms with E-state index >= 15 is 0 Å². The van der Waals surface area contributed by atoms with Crippen molar-refractivity contribution in [3.05, 3.63) is 49.7 Å². The highest BCUT2D eigenvalue weighted by atomic mass is 79.9. The summed E-state index contributed by atoms with van der Waals surface area (Å²) in [5.41, 5.74) is 1.55. The van der Waals surface area contributed by atoms with E-state index in [2.05, 4.69) is 37.0 Å². The van der Waals surface area contributed by atoms with Crippen LogP contribution in [0.1, 0.15) is 21.7 Å². The number of aromatic nitrogens is 2. The topological polar surface area (TPSA) is 34.9 Å². The van der Waals surface area contributed by atoms with E-state index < -0.39 is 11.6 Å². The molecule has 1 aromatic carbocycles. The molecule has 0 aliphatic rings. The van der Waals surface area contributed by atoms with Gasteiger partial charge in [-0.1, -0.05) is 0 Å². The van der Waals surface area contributed by atoms with Crippen molar-refractivity contribution in [2.24, 2.45) is 7.05 Å². The Morgan fingerprint density at radius 1 is 1.30 bits per heavy atom. The predicted octanol–water partition coefficient (Wildman–Crippen LogP) is 3.96. The number of hydrogen-bond donors (Lipinski definition) is 0. The van der Waals surface area contributed by atoms with Crippen LogP contribution in [0.3, 0.4) is 0 Å². The van der Waals surface area contributed by atoms with E-state index in [4.69, 9.17) is 0 Å². The number of Topliss-reactive ketones (excluding diaryl/α,β-unsaturated/α-hetero) is 1. The van der Waals surface area contributed by atoms with Crippen molar-refractivity contribution in [2.45, 2.75) is 13.3 Å². The van der Waals surface area contributed by atoms with Gasteiger partial charge >= 0.3 is 0 Å². The zero-order valence-electron chi connectivity index (χ0n) is 10.7. The molecule has 0 spiro atoms. The maximum atomic E-state index is 13.5. The van der Waals surface area contributed by atoms with Crippen molar-refractivity contribution >= 4 is 37.6 Å². The van der Waals surface area contributed by atoms with Crippen molar-refractivity contribution in [3.63, 3.8) is 0 Å². The molecule has 3 nitrogen and oxygen atoms in total. The minimum atomic E-state index is -1.06. The molecule has 0 aliphatic carbocycles. The van der Waals surface area contributed by atoms with Crippen LogP contribution in [0, 0.1) is 18.6 Å². The molecule has 2 rings (SSSR count). The lowest BCUT2D eigenvalue weighted by atomic mass is 10.1. The van der Waals surface area contributed by atoms with Crippen LogP contribution in [0.4, 0.5) is 8.78 Å². The fourth-order valence-electron chi connectivity index (χ4n) is 1.86. The molecule has 0 unspecified atom stereocenters. The third-order valence-electron chi connectivity index (χ3n) is 2.93. The van der Waals surface area contributed by atoms with Crippen molar-refractivity contribution < 1.29 is 13.6 Å². The van der Waals surface area contributed by atoms with E-state index in [0.29, 0.717) is 5.69 Å². The third kappa shape index (κ3) is 2.69. The average molecular weight is 408 g/mol. The Balaban J connectivity index is 2.36. The van der Waals surface area contributed by atoms with Crippen molar-refractivity contribution in [1.29, 1.82) is 0 Å². The Labute approximate surface area is 131 Å². The van der Waals surface area contributed by atoms with Gasteiger partial charge in [0.1, 0.15) is 0 Å². The highest BCUT2D eigenvalue weighted by Crippen LogP contribution is 2.26. The second-order valence-corrected chi connectivity index (χ2v) is 5.88. The molecule has 0 fully saturated rings. The summed E-state index contributed by atoms with van der Waals surface area (Å²) in [6.45, 7) is 1.81. The van der Waals surface area contributed by atoms with Crippen LogP contribution in [0.5, 0.6) is 0 Å². The molecule has 0 aliphatic heterocycles. The molecule has 2 aromatic rings. The van der Waals surface area contributed by atoms with Crippen LogP contribution >= 0.6 is 31.9 Å². The summed E-state index contributed by atoms with van der Waals surface area (Å²) in [5, 5.41) is 4.18. The van der Waals surface area contributed by atoms with Crippen LogP contribution in [-0.2, 0) is 13.5 Å². The maximum absolute atomic E-state index is 13.5. The van der Waals surface area contributed by atoms with Crippen LogP contribution in [0.15, 0.2) is 21.1 Å². The SMILES string of the molecule is Cc1nn(C)c(CC(=O)c2ccc(F)c(F)c2Br)c1Br. The number of ketones is 1. The van der Waals surface area contributed by atoms with Gasteiger partial charge < -0.3 is 0 Å². The van der Waals surface area contributed by atoms with Crippen molar-refractivity contribution in [2.75, 3.05) is 0 Å². The van der Waals surface area contributed by atoms with E-state index in [9.17, 15) is 13.6 Å². The van der Waals surface area contributed by atoms with Crippen LogP contribution < -0.4 is 0 Å². The predicted molar refractivity (Wildman–Crippen MR) is 77.7 cm³/mol. The molecule has 0 N–H and O–H groups in total. The first kappa shape index (κ1) is 15.3. The molecule has 0 amide bonds. The van der Waals surface area contributed by atoms with Gasteiger partial charge in [0.05, 0.1) is 26.8 Å². The zero-order valence-corrected chi connectivity index (χ0v) is 13.8. The number of carbonyl (C=O) groups excluding carboxylic acids is 1. The van der Waals surface area contributed by atoms with Gasteiger partial charge in [-0.05, 0) is 50.9 Å². The first-order valence-corrected chi connectivity index (χ1v) is 7.26. The van der Waals surface area contributed by atoms with Gasteiger partial charge in [0.25, 0.3) is 0 Å². The number of nitrogens with zero attached hydrogens (tertiary/aromatic N) is 2. The molecule has 0 saturated carbocycles. The van der Waals surface area contributed by atoms with Gasteiger partial charge in [-0.25, -0.2) is 8.78 Å². The molecular formula is C13H10Br2F2N2O. The number of halogens is 4. The van der Waals surface area contributed by atoms with Crippen LogP contribution in [0.2, 0.25) is 0 Å². The van der Waals surface area contributed by atoms with Gasteiger partial charge in [0, 0.05) is 12.6 Å². The van der Waals surface area contributed by atoms with E-state index in [0.717, 1.165) is 16.2 Å². The summed E-state index contributed by atoms with van der Waals surface area (Å²) >= 11 is 6.28. The standard InChI is InChI=1S/C13H10Br2F2N2O/c1-6-11(14)9(19(2)18-6)5-10(20)7-3-4-8(16)13(17)12(7)15/h3-4H,5H2,1-2H3. The van der Waals surface area contributed by atoms with Crippen molar-refractivity contribution in [3.8, 4) is 0 Å². The molecule has 0 radical (unpaired) electrons. The first-order valence-electron chi connectivity index (χ1n) is 5.67. The summed E-state index contributed by atoms with van der Waals surface area (Å²) < 4.78 is 28.7. The van der Waals surface area contributed by atoms with E-state index in [1.807, 2.05) is 6.92 Å².